The summed E-state index contributed by atoms with van der Waals surface area (Å²) in [5, 5.41) is 10.5. The molecule has 6 heteroatoms. The van der Waals surface area contributed by atoms with Crippen LogP contribution in [0.1, 0.15) is 25.8 Å². The van der Waals surface area contributed by atoms with Crippen LogP contribution in [0.15, 0.2) is 53.3 Å². The van der Waals surface area contributed by atoms with E-state index in [4.69, 9.17) is 9.47 Å². The number of methoxy groups -OCH3 is 1. The van der Waals surface area contributed by atoms with Crippen LogP contribution in [0, 0.1) is 0 Å². The zero-order valence-electron chi connectivity index (χ0n) is 17.2. The average Bonchev–Trinajstić information content (AvgIpc) is 2.99. The van der Waals surface area contributed by atoms with Gasteiger partial charge in [0.25, 0.3) is 0 Å². The Balaban J connectivity index is 1.76. The van der Waals surface area contributed by atoms with Crippen LogP contribution in [-0.4, -0.2) is 34.1 Å². The fraction of sp³-hybridized carbons (Fsp3) is 0.348. The minimum Gasteiger partial charge on any atom is -0.493 e. The van der Waals surface area contributed by atoms with Gasteiger partial charge in [0.05, 0.1) is 24.7 Å². The molecular weight excluding hydrogens is 368 g/mol. The second-order valence-electron chi connectivity index (χ2n) is 6.91. The van der Waals surface area contributed by atoms with Gasteiger partial charge in [-0.1, -0.05) is 37.3 Å². The summed E-state index contributed by atoms with van der Waals surface area (Å²) in [7, 11) is 1.58. The maximum absolute atomic E-state index is 12.8. The van der Waals surface area contributed by atoms with E-state index in [0.717, 1.165) is 23.0 Å². The SMILES string of the molecule is C/C=C/c1ccc(OCC(O)Cn2c(=O)n(CCC)c3ccccc32)c(OC)c1. The number of aliphatic hydroxyl groups excluding tert-OH is 1. The van der Waals surface area contributed by atoms with Crippen LogP contribution in [0.2, 0.25) is 0 Å². The van der Waals surface area contributed by atoms with Crippen LogP contribution < -0.4 is 15.2 Å². The van der Waals surface area contributed by atoms with E-state index < -0.39 is 6.10 Å². The van der Waals surface area contributed by atoms with E-state index in [0.29, 0.717) is 18.0 Å². The largest absolute Gasteiger partial charge is 0.493 e. The summed E-state index contributed by atoms with van der Waals surface area (Å²) in [4.78, 5) is 12.8. The number of hydrogen-bond donors (Lipinski definition) is 1. The van der Waals surface area contributed by atoms with Crippen molar-refractivity contribution in [2.75, 3.05) is 13.7 Å². The van der Waals surface area contributed by atoms with Crippen molar-refractivity contribution in [1.29, 1.82) is 0 Å². The number of aromatic nitrogens is 2. The molecule has 1 N–H and O–H groups in total. The molecule has 6 nitrogen and oxygen atoms in total. The summed E-state index contributed by atoms with van der Waals surface area (Å²) in [5.74, 6) is 1.16. The van der Waals surface area contributed by atoms with Crippen molar-refractivity contribution in [2.45, 2.75) is 39.5 Å². The van der Waals surface area contributed by atoms with Crippen LogP contribution in [0.3, 0.4) is 0 Å². The monoisotopic (exact) mass is 396 g/mol. The van der Waals surface area contributed by atoms with Gasteiger partial charge in [-0.2, -0.15) is 0 Å². The molecule has 154 valence electrons. The molecule has 1 aromatic heterocycles. The van der Waals surface area contributed by atoms with Gasteiger partial charge in [-0.25, -0.2) is 4.79 Å². The van der Waals surface area contributed by atoms with Crippen molar-refractivity contribution in [3.63, 3.8) is 0 Å². The lowest BCUT2D eigenvalue weighted by Crippen LogP contribution is -2.31. The summed E-state index contributed by atoms with van der Waals surface area (Å²) in [5.41, 5.74) is 2.60. The van der Waals surface area contributed by atoms with Crippen LogP contribution in [-0.2, 0) is 13.1 Å². The van der Waals surface area contributed by atoms with E-state index in [1.54, 1.807) is 16.2 Å². The van der Waals surface area contributed by atoms with Gasteiger partial charge < -0.3 is 14.6 Å². The maximum atomic E-state index is 12.8. The number of rotatable bonds is 9. The first kappa shape index (κ1) is 20.7. The zero-order chi connectivity index (χ0) is 20.8. The highest BCUT2D eigenvalue weighted by molar-refractivity contribution is 5.76. The first-order valence-electron chi connectivity index (χ1n) is 9.88. The molecule has 1 heterocycles. The lowest BCUT2D eigenvalue weighted by molar-refractivity contribution is 0.0909. The number of imidazole rings is 1. The molecule has 3 rings (SSSR count). The van der Waals surface area contributed by atoms with E-state index in [2.05, 4.69) is 0 Å². The third kappa shape index (κ3) is 4.54. The summed E-state index contributed by atoms with van der Waals surface area (Å²) in [6.07, 6.45) is 3.95. The normalized spacial score (nSPS) is 12.6. The fourth-order valence-electron chi connectivity index (χ4n) is 3.44. The van der Waals surface area contributed by atoms with Crippen LogP contribution in [0.4, 0.5) is 0 Å². The highest BCUT2D eigenvalue weighted by Crippen LogP contribution is 2.28. The Morgan fingerprint density at radius 1 is 1.10 bits per heavy atom. The molecule has 0 bridgehead atoms. The van der Waals surface area contributed by atoms with Gasteiger partial charge in [-0.3, -0.25) is 9.13 Å². The van der Waals surface area contributed by atoms with E-state index in [1.165, 1.54) is 0 Å². The quantitative estimate of drug-likeness (QED) is 0.599. The Labute approximate surface area is 170 Å². The summed E-state index contributed by atoms with van der Waals surface area (Å²) in [6, 6.07) is 13.3. The highest BCUT2D eigenvalue weighted by Gasteiger charge is 2.16. The molecule has 0 spiro atoms. The maximum Gasteiger partial charge on any atom is 0.329 e. The van der Waals surface area contributed by atoms with Crippen molar-refractivity contribution in [2.24, 2.45) is 0 Å². The van der Waals surface area contributed by atoms with Gasteiger partial charge in [0.15, 0.2) is 11.5 Å². The third-order valence-corrected chi connectivity index (χ3v) is 4.74. The summed E-state index contributed by atoms with van der Waals surface area (Å²) < 4.78 is 14.5. The predicted molar refractivity (Wildman–Crippen MR) is 116 cm³/mol. The van der Waals surface area contributed by atoms with Crippen molar-refractivity contribution >= 4 is 17.1 Å². The highest BCUT2D eigenvalue weighted by atomic mass is 16.5. The summed E-state index contributed by atoms with van der Waals surface area (Å²) >= 11 is 0. The molecule has 0 radical (unpaired) electrons. The number of allylic oxidation sites excluding steroid dienone is 1. The number of aryl methyl sites for hydroxylation is 1. The van der Waals surface area contributed by atoms with E-state index in [1.807, 2.05) is 68.5 Å². The number of fused-ring (bicyclic) bond motifs is 1. The van der Waals surface area contributed by atoms with Gasteiger partial charge in [0.1, 0.15) is 12.7 Å². The number of para-hydroxylation sites is 2. The van der Waals surface area contributed by atoms with Crippen LogP contribution in [0.25, 0.3) is 17.1 Å². The Morgan fingerprint density at radius 3 is 2.48 bits per heavy atom. The first-order chi connectivity index (χ1) is 14.1. The Morgan fingerprint density at radius 2 is 1.83 bits per heavy atom. The topological polar surface area (TPSA) is 65.6 Å². The Kier molecular flexibility index (Phi) is 6.77. The van der Waals surface area contributed by atoms with Crippen molar-refractivity contribution in [3.05, 3.63) is 64.6 Å². The van der Waals surface area contributed by atoms with Crippen LogP contribution in [0.5, 0.6) is 11.5 Å². The minimum atomic E-state index is -0.839. The molecule has 0 aliphatic heterocycles. The number of benzene rings is 2. The predicted octanol–water partition coefficient (Wildman–Crippen LogP) is 3.69. The van der Waals surface area contributed by atoms with Crippen LogP contribution >= 0.6 is 0 Å². The van der Waals surface area contributed by atoms with E-state index in [9.17, 15) is 9.90 Å². The average molecular weight is 396 g/mol. The van der Waals surface area contributed by atoms with E-state index >= 15 is 0 Å². The molecule has 3 aromatic rings. The third-order valence-electron chi connectivity index (χ3n) is 4.74. The summed E-state index contributed by atoms with van der Waals surface area (Å²) in [6.45, 7) is 4.85. The number of ether oxygens (including phenoxy) is 2. The van der Waals surface area contributed by atoms with Crippen molar-refractivity contribution in [3.8, 4) is 11.5 Å². The second kappa shape index (κ2) is 9.47. The molecule has 0 amide bonds. The number of aliphatic hydroxyl groups is 1. The second-order valence-corrected chi connectivity index (χ2v) is 6.91. The van der Waals surface area contributed by atoms with Gasteiger partial charge in [-0.05, 0) is 43.2 Å². The molecule has 0 fully saturated rings. The number of nitrogens with zero attached hydrogens (tertiary/aromatic N) is 2. The molecule has 0 aliphatic carbocycles. The molecule has 2 aromatic carbocycles. The standard InChI is InChI=1S/C23H28N2O4/c1-4-8-17-11-12-21(22(14-17)28-3)29-16-18(26)15-25-20-10-7-6-9-19(20)24(13-5-2)23(25)27/h4,6-12,14,18,26H,5,13,15-16H2,1-3H3/b8-4+. The molecule has 29 heavy (non-hydrogen) atoms. The molecular formula is C23H28N2O4. The van der Waals surface area contributed by atoms with Gasteiger partial charge in [0.2, 0.25) is 0 Å². The fourth-order valence-corrected chi connectivity index (χ4v) is 3.44. The molecule has 0 aliphatic rings. The lowest BCUT2D eigenvalue weighted by Gasteiger charge is -2.15. The van der Waals surface area contributed by atoms with Crippen molar-refractivity contribution < 1.29 is 14.6 Å². The Bertz CT molecular complexity index is 1050. The molecule has 0 saturated carbocycles. The lowest BCUT2D eigenvalue weighted by atomic mass is 10.2. The van der Waals surface area contributed by atoms with Gasteiger partial charge in [0, 0.05) is 6.54 Å². The molecule has 1 unspecified atom stereocenters. The first-order valence-corrected chi connectivity index (χ1v) is 9.88. The molecule has 1 atom stereocenters. The van der Waals surface area contributed by atoms with Crippen molar-refractivity contribution in [1.82, 2.24) is 9.13 Å². The molecule has 0 saturated heterocycles. The van der Waals surface area contributed by atoms with Gasteiger partial charge in [-0.15, -0.1) is 0 Å². The van der Waals surface area contributed by atoms with Gasteiger partial charge >= 0.3 is 5.69 Å². The smallest absolute Gasteiger partial charge is 0.329 e. The minimum absolute atomic E-state index is 0.0546. The van der Waals surface area contributed by atoms with E-state index in [-0.39, 0.29) is 18.8 Å². The zero-order valence-corrected chi connectivity index (χ0v) is 17.2. The Hall–Kier alpha value is -2.99. The number of hydrogen-bond acceptors (Lipinski definition) is 4.